The van der Waals surface area contributed by atoms with Crippen molar-refractivity contribution in [1.82, 2.24) is 25.1 Å². The van der Waals surface area contributed by atoms with Crippen LogP contribution in [0.5, 0.6) is 0 Å². The molecule has 0 aliphatic carbocycles. The number of carbonyl (C=O) groups is 1. The lowest BCUT2D eigenvalue weighted by molar-refractivity contribution is 0.0949. The summed E-state index contributed by atoms with van der Waals surface area (Å²) in [5, 5.41) is 15.2. The third-order valence-corrected chi connectivity index (χ3v) is 3.96. The van der Waals surface area contributed by atoms with E-state index in [1.807, 2.05) is 0 Å². The van der Waals surface area contributed by atoms with E-state index in [0.29, 0.717) is 17.2 Å². The average Bonchev–Trinajstić information content (AvgIpc) is 3.09. The predicted molar refractivity (Wildman–Crippen MR) is 93.7 cm³/mol. The number of hydrogen-bond donors (Lipinski definition) is 1. The van der Waals surface area contributed by atoms with Gasteiger partial charge in [0.05, 0.1) is 12.2 Å². The first-order chi connectivity index (χ1) is 13.1. The minimum absolute atomic E-state index is 0.0659. The van der Waals surface area contributed by atoms with Gasteiger partial charge in [-0.15, -0.1) is 10.2 Å². The van der Waals surface area contributed by atoms with Crippen LogP contribution in [0, 0.1) is 11.6 Å². The first kappa shape index (κ1) is 16.8. The van der Waals surface area contributed by atoms with Crippen molar-refractivity contribution in [2.75, 3.05) is 0 Å². The Kier molecular flexibility index (Phi) is 4.29. The maximum absolute atomic E-state index is 13.2. The van der Waals surface area contributed by atoms with Gasteiger partial charge in [0.15, 0.2) is 11.5 Å². The van der Waals surface area contributed by atoms with Crippen LogP contribution in [0.25, 0.3) is 16.9 Å². The van der Waals surface area contributed by atoms with Gasteiger partial charge in [0.1, 0.15) is 11.6 Å². The van der Waals surface area contributed by atoms with Crippen molar-refractivity contribution in [2.24, 2.45) is 0 Å². The molecular weight excluding hydrogens is 352 g/mol. The summed E-state index contributed by atoms with van der Waals surface area (Å²) >= 11 is 0. The molecule has 0 spiro atoms. The first-order valence-electron chi connectivity index (χ1n) is 8.11. The number of amides is 1. The molecule has 0 fully saturated rings. The molecule has 134 valence electrons. The van der Waals surface area contributed by atoms with Gasteiger partial charge in [-0.25, -0.2) is 8.78 Å². The van der Waals surface area contributed by atoms with Gasteiger partial charge in [-0.05, 0) is 54.6 Å². The zero-order valence-electron chi connectivity index (χ0n) is 13.9. The van der Waals surface area contributed by atoms with E-state index in [1.54, 1.807) is 24.3 Å². The molecule has 0 aliphatic rings. The zero-order valence-corrected chi connectivity index (χ0v) is 13.9. The van der Waals surface area contributed by atoms with Crippen LogP contribution in [-0.2, 0) is 6.54 Å². The largest absolute Gasteiger partial charge is 0.345 e. The molecule has 0 aliphatic heterocycles. The van der Waals surface area contributed by atoms with E-state index in [4.69, 9.17) is 0 Å². The fourth-order valence-electron chi connectivity index (χ4n) is 2.61. The van der Waals surface area contributed by atoms with Gasteiger partial charge in [-0.2, -0.15) is 9.61 Å². The molecule has 0 atom stereocenters. The molecule has 0 unspecified atom stereocenters. The second-order valence-electron chi connectivity index (χ2n) is 5.80. The van der Waals surface area contributed by atoms with Gasteiger partial charge >= 0.3 is 0 Å². The molecule has 27 heavy (non-hydrogen) atoms. The topological polar surface area (TPSA) is 72.2 Å². The molecule has 0 saturated carbocycles. The SMILES string of the molecule is O=C(NCc1nnc2ccc(-c3ccc(F)cc3)nn12)c1cccc(F)c1. The van der Waals surface area contributed by atoms with Crippen LogP contribution in [0.4, 0.5) is 8.78 Å². The smallest absolute Gasteiger partial charge is 0.251 e. The maximum Gasteiger partial charge on any atom is 0.251 e. The lowest BCUT2D eigenvalue weighted by Crippen LogP contribution is -2.24. The molecule has 6 nitrogen and oxygen atoms in total. The van der Waals surface area contributed by atoms with Crippen LogP contribution >= 0.6 is 0 Å². The van der Waals surface area contributed by atoms with Crippen molar-refractivity contribution in [1.29, 1.82) is 0 Å². The summed E-state index contributed by atoms with van der Waals surface area (Å²) in [4.78, 5) is 12.2. The van der Waals surface area contributed by atoms with Crippen molar-refractivity contribution >= 4 is 11.6 Å². The van der Waals surface area contributed by atoms with Gasteiger partial charge < -0.3 is 5.32 Å². The molecule has 2 aromatic heterocycles. The molecule has 8 heteroatoms. The highest BCUT2D eigenvalue weighted by Crippen LogP contribution is 2.18. The Morgan fingerprint density at radius 3 is 2.56 bits per heavy atom. The van der Waals surface area contributed by atoms with Gasteiger partial charge in [0, 0.05) is 11.1 Å². The van der Waals surface area contributed by atoms with E-state index in [-0.39, 0.29) is 17.9 Å². The third-order valence-electron chi connectivity index (χ3n) is 3.96. The fraction of sp³-hybridized carbons (Fsp3) is 0.0526. The first-order valence-corrected chi connectivity index (χ1v) is 8.11. The van der Waals surface area contributed by atoms with Crippen LogP contribution in [-0.4, -0.2) is 25.7 Å². The second-order valence-corrected chi connectivity index (χ2v) is 5.80. The van der Waals surface area contributed by atoms with Crippen molar-refractivity contribution in [3.05, 3.63) is 83.7 Å². The highest BCUT2D eigenvalue weighted by atomic mass is 19.1. The van der Waals surface area contributed by atoms with Crippen molar-refractivity contribution in [2.45, 2.75) is 6.54 Å². The molecule has 0 radical (unpaired) electrons. The van der Waals surface area contributed by atoms with E-state index >= 15 is 0 Å². The van der Waals surface area contributed by atoms with Crippen molar-refractivity contribution < 1.29 is 13.6 Å². The number of halogens is 2. The number of rotatable bonds is 4. The summed E-state index contributed by atoms with van der Waals surface area (Å²) < 4.78 is 27.8. The molecule has 2 aromatic carbocycles. The Labute approximate surface area is 152 Å². The Balaban J connectivity index is 1.58. The zero-order chi connectivity index (χ0) is 18.8. The quantitative estimate of drug-likeness (QED) is 0.603. The number of hydrogen-bond acceptors (Lipinski definition) is 4. The number of fused-ring (bicyclic) bond motifs is 1. The summed E-state index contributed by atoms with van der Waals surface area (Å²) in [5.74, 6) is -0.828. The van der Waals surface area contributed by atoms with Crippen LogP contribution in [0.2, 0.25) is 0 Å². The van der Waals surface area contributed by atoms with Gasteiger partial charge in [0.25, 0.3) is 5.91 Å². The van der Waals surface area contributed by atoms with Crippen LogP contribution < -0.4 is 5.32 Å². The minimum atomic E-state index is -0.485. The van der Waals surface area contributed by atoms with E-state index in [1.165, 1.54) is 34.8 Å². The fourth-order valence-corrected chi connectivity index (χ4v) is 2.61. The predicted octanol–water partition coefficient (Wildman–Crippen LogP) is 3.00. The Morgan fingerprint density at radius 1 is 0.963 bits per heavy atom. The molecule has 1 N–H and O–H groups in total. The van der Waals surface area contributed by atoms with Crippen molar-refractivity contribution in [3.63, 3.8) is 0 Å². The molecule has 4 rings (SSSR count). The van der Waals surface area contributed by atoms with E-state index in [9.17, 15) is 13.6 Å². The molecular formula is C19H13F2N5O. The van der Waals surface area contributed by atoms with E-state index in [2.05, 4.69) is 20.6 Å². The number of carbonyl (C=O) groups excluding carboxylic acids is 1. The standard InChI is InChI=1S/C19H13F2N5O/c20-14-6-4-12(5-7-14)16-8-9-17-23-24-18(26(17)25-16)11-22-19(27)13-2-1-3-15(21)10-13/h1-10H,11H2,(H,22,27). The summed E-state index contributed by atoms with van der Waals surface area (Å²) in [7, 11) is 0. The van der Waals surface area contributed by atoms with Crippen LogP contribution in [0.15, 0.2) is 60.7 Å². The van der Waals surface area contributed by atoms with E-state index < -0.39 is 11.7 Å². The number of nitrogens with zero attached hydrogens (tertiary/aromatic N) is 4. The lowest BCUT2D eigenvalue weighted by atomic mass is 10.1. The highest BCUT2D eigenvalue weighted by molar-refractivity contribution is 5.94. The molecule has 0 saturated heterocycles. The van der Waals surface area contributed by atoms with Gasteiger partial charge in [0.2, 0.25) is 0 Å². The van der Waals surface area contributed by atoms with Gasteiger partial charge in [-0.3, -0.25) is 4.79 Å². The molecule has 2 heterocycles. The Morgan fingerprint density at radius 2 is 1.78 bits per heavy atom. The van der Waals surface area contributed by atoms with Crippen LogP contribution in [0.1, 0.15) is 16.2 Å². The summed E-state index contributed by atoms with van der Waals surface area (Å²) in [6, 6.07) is 14.9. The summed E-state index contributed by atoms with van der Waals surface area (Å²) in [5.41, 5.74) is 2.07. The monoisotopic (exact) mass is 365 g/mol. The maximum atomic E-state index is 13.2. The molecule has 0 bridgehead atoms. The van der Waals surface area contributed by atoms with Gasteiger partial charge in [-0.1, -0.05) is 6.07 Å². The number of benzene rings is 2. The normalized spacial score (nSPS) is 10.9. The van der Waals surface area contributed by atoms with Crippen molar-refractivity contribution in [3.8, 4) is 11.3 Å². The number of nitrogens with one attached hydrogen (secondary N) is 1. The minimum Gasteiger partial charge on any atom is -0.345 e. The average molecular weight is 365 g/mol. The lowest BCUT2D eigenvalue weighted by Gasteiger charge is -2.05. The molecule has 4 aromatic rings. The summed E-state index contributed by atoms with van der Waals surface area (Å²) in [6.07, 6.45) is 0. The highest BCUT2D eigenvalue weighted by Gasteiger charge is 2.12. The second kappa shape index (κ2) is 6.91. The van der Waals surface area contributed by atoms with Crippen LogP contribution in [0.3, 0.4) is 0 Å². The molecule has 1 amide bonds. The van der Waals surface area contributed by atoms with E-state index in [0.717, 1.165) is 11.6 Å². The Bertz CT molecular complexity index is 1120. The Hall–Kier alpha value is -3.68. The number of aromatic nitrogens is 4. The third kappa shape index (κ3) is 3.50. The summed E-state index contributed by atoms with van der Waals surface area (Å²) in [6.45, 7) is 0.0659.